The largest absolute Gasteiger partial charge is 0.481 e. The number of carbonyl (C=O) groups excluding carboxylic acids is 3. The molecule has 0 unspecified atom stereocenters. The highest BCUT2D eigenvalue weighted by molar-refractivity contribution is 5.80. The number of carbonyl (C=O) groups is 4. The van der Waals surface area contributed by atoms with Crippen molar-refractivity contribution in [3.63, 3.8) is 0 Å². The molecule has 0 aliphatic rings. The third-order valence-corrected chi connectivity index (χ3v) is 3.36. The normalized spacial score (nSPS) is 10.2. The Kier molecular flexibility index (Phi) is 15.0. The van der Waals surface area contributed by atoms with Gasteiger partial charge in [-0.1, -0.05) is 13.3 Å². The molecule has 0 aromatic carbocycles. The van der Waals surface area contributed by atoms with Crippen LogP contribution in [0.4, 0.5) is 0 Å². The van der Waals surface area contributed by atoms with Gasteiger partial charge in [0.15, 0.2) is 0 Å². The Morgan fingerprint density at radius 2 is 1.31 bits per heavy atom. The standard InChI is InChI=1S/C17H31N3O6/c1-2-3-5-14(21)18-9-4-10-19-16(23)8-12-26-13-11-20-15(22)6-7-17(24)25/h2-13H2,1H3,(H,18,21)(H,19,23)(H,20,22)(H,24,25). The maximum absolute atomic E-state index is 11.6. The Morgan fingerprint density at radius 1 is 0.731 bits per heavy atom. The molecule has 0 fully saturated rings. The van der Waals surface area contributed by atoms with Gasteiger partial charge in [-0.25, -0.2) is 0 Å². The van der Waals surface area contributed by atoms with Gasteiger partial charge in [0.25, 0.3) is 0 Å². The van der Waals surface area contributed by atoms with Gasteiger partial charge < -0.3 is 25.8 Å². The predicted octanol–water partition coefficient (Wildman–Crippen LogP) is 0.187. The molecule has 0 aliphatic carbocycles. The van der Waals surface area contributed by atoms with Crippen LogP contribution in [0.3, 0.4) is 0 Å². The van der Waals surface area contributed by atoms with E-state index < -0.39 is 5.97 Å². The average Bonchev–Trinajstić information content (AvgIpc) is 2.60. The van der Waals surface area contributed by atoms with Crippen LogP contribution in [-0.4, -0.2) is 61.6 Å². The lowest BCUT2D eigenvalue weighted by Gasteiger charge is -2.08. The summed E-state index contributed by atoms with van der Waals surface area (Å²) in [6, 6.07) is 0. The molecule has 150 valence electrons. The van der Waals surface area contributed by atoms with E-state index in [4.69, 9.17) is 9.84 Å². The van der Waals surface area contributed by atoms with Gasteiger partial charge in [0.1, 0.15) is 0 Å². The molecule has 0 atom stereocenters. The van der Waals surface area contributed by atoms with Gasteiger partial charge in [0.2, 0.25) is 17.7 Å². The number of nitrogens with one attached hydrogen (secondary N) is 3. The molecular formula is C17H31N3O6. The lowest BCUT2D eigenvalue weighted by atomic mass is 10.2. The first-order valence-electron chi connectivity index (χ1n) is 9.05. The molecule has 0 radical (unpaired) electrons. The van der Waals surface area contributed by atoms with Gasteiger partial charge in [-0.3, -0.25) is 19.2 Å². The van der Waals surface area contributed by atoms with E-state index in [-0.39, 0.29) is 56.7 Å². The fraction of sp³-hybridized carbons (Fsp3) is 0.765. The number of hydrogen-bond acceptors (Lipinski definition) is 5. The summed E-state index contributed by atoms with van der Waals surface area (Å²) in [6.07, 6.45) is 3.05. The Hall–Kier alpha value is -2.16. The van der Waals surface area contributed by atoms with Crippen molar-refractivity contribution in [2.24, 2.45) is 0 Å². The molecule has 0 rings (SSSR count). The first-order valence-corrected chi connectivity index (χ1v) is 9.05. The Balaban J connectivity index is 3.40. The van der Waals surface area contributed by atoms with Gasteiger partial charge in [-0.05, 0) is 12.8 Å². The van der Waals surface area contributed by atoms with Crippen molar-refractivity contribution >= 4 is 23.7 Å². The number of unbranched alkanes of at least 4 members (excludes halogenated alkanes) is 1. The van der Waals surface area contributed by atoms with Crippen LogP contribution in [0.1, 0.15) is 51.9 Å². The molecule has 0 heterocycles. The summed E-state index contributed by atoms with van der Waals surface area (Å²) in [7, 11) is 0. The monoisotopic (exact) mass is 373 g/mol. The third kappa shape index (κ3) is 16.7. The minimum atomic E-state index is -1.01. The smallest absolute Gasteiger partial charge is 0.303 e. The second-order valence-corrected chi connectivity index (χ2v) is 5.76. The number of hydrogen-bond donors (Lipinski definition) is 4. The van der Waals surface area contributed by atoms with E-state index in [0.29, 0.717) is 25.9 Å². The number of aliphatic carboxylic acids is 1. The van der Waals surface area contributed by atoms with Crippen molar-refractivity contribution < 1.29 is 29.0 Å². The topological polar surface area (TPSA) is 134 Å². The number of carboxylic acid groups (broad SMARTS) is 1. The van der Waals surface area contributed by atoms with Crippen molar-refractivity contribution in [1.82, 2.24) is 16.0 Å². The molecule has 26 heavy (non-hydrogen) atoms. The summed E-state index contributed by atoms with van der Waals surface area (Å²) in [5.41, 5.74) is 0. The highest BCUT2D eigenvalue weighted by atomic mass is 16.5. The van der Waals surface area contributed by atoms with E-state index in [0.717, 1.165) is 12.8 Å². The number of ether oxygens (including phenoxy) is 1. The van der Waals surface area contributed by atoms with Crippen molar-refractivity contribution in [3.8, 4) is 0 Å². The van der Waals surface area contributed by atoms with Crippen molar-refractivity contribution in [2.45, 2.75) is 51.9 Å². The quantitative estimate of drug-likeness (QED) is 0.285. The summed E-state index contributed by atoms with van der Waals surface area (Å²) >= 11 is 0. The minimum Gasteiger partial charge on any atom is -0.481 e. The van der Waals surface area contributed by atoms with Gasteiger partial charge in [-0.15, -0.1) is 0 Å². The number of rotatable bonds is 16. The molecule has 9 heteroatoms. The van der Waals surface area contributed by atoms with Crippen LogP contribution in [0.25, 0.3) is 0 Å². The molecule has 0 saturated heterocycles. The summed E-state index contributed by atoms with van der Waals surface area (Å²) < 4.78 is 5.23. The van der Waals surface area contributed by atoms with Crippen LogP contribution >= 0.6 is 0 Å². The molecule has 0 spiro atoms. The van der Waals surface area contributed by atoms with Crippen LogP contribution in [-0.2, 0) is 23.9 Å². The van der Waals surface area contributed by atoms with Gasteiger partial charge in [0.05, 0.1) is 19.6 Å². The molecule has 0 aliphatic heterocycles. The Bertz CT molecular complexity index is 442. The van der Waals surface area contributed by atoms with E-state index in [1.165, 1.54) is 0 Å². The summed E-state index contributed by atoms with van der Waals surface area (Å²) in [6.45, 7) is 3.84. The number of carboxylic acids is 1. The summed E-state index contributed by atoms with van der Waals surface area (Å²) in [5, 5.41) is 16.5. The third-order valence-electron chi connectivity index (χ3n) is 3.36. The molecule has 0 aromatic rings. The average molecular weight is 373 g/mol. The molecule has 0 saturated carbocycles. The van der Waals surface area contributed by atoms with E-state index in [9.17, 15) is 19.2 Å². The van der Waals surface area contributed by atoms with Gasteiger partial charge in [-0.2, -0.15) is 0 Å². The van der Waals surface area contributed by atoms with Gasteiger partial charge >= 0.3 is 5.97 Å². The van der Waals surface area contributed by atoms with Crippen LogP contribution in [0.2, 0.25) is 0 Å². The lowest BCUT2D eigenvalue weighted by molar-refractivity contribution is -0.138. The second-order valence-electron chi connectivity index (χ2n) is 5.76. The first kappa shape index (κ1) is 23.8. The van der Waals surface area contributed by atoms with E-state index >= 15 is 0 Å². The van der Waals surface area contributed by atoms with Crippen LogP contribution < -0.4 is 16.0 Å². The fourth-order valence-electron chi connectivity index (χ4n) is 1.90. The van der Waals surface area contributed by atoms with E-state index in [1.54, 1.807) is 0 Å². The van der Waals surface area contributed by atoms with Gasteiger partial charge in [0, 0.05) is 38.9 Å². The molecule has 9 nitrogen and oxygen atoms in total. The zero-order chi connectivity index (χ0) is 19.6. The summed E-state index contributed by atoms with van der Waals surface area (Å²) in [5.74, 6) is -1.44. The Morgan fingerprint density at radius 3 is 1.92 bits per heavy atom. The van der Waals surface area contributed by atoms with Crippen molar-refractivity contribution in [3.05, 3.63) is 0 Å². The predicted molar refractivity (Wildman–Crippen MR) is 95.5 cm³/mol. The maximum Gasteiger partial charge on any atom is 0.303 e. The highest BCUT2D eigenvalue weighted by Gasteiger charge is 2.05. The molecule has 4 N–H and O–H groups in total. The van der Waals surface area contributed by atoms with Crippen LogP contribution in [0, 0.1) is 0 Å². The minimum absolute atomic E-state index is 0.0432. The maximum atomic E-state index is 11.6. The SMILES string of the molecule is CCCCC(=O)NCCCNC(=O)CCOCCNC(=O)CCC(=O)O. The first-order chi connectivity index (χ1) is 12.5. The second kappa shape index (κ2) is 16.3. The van der Waals surface area contributed by atoms with E-state index in [1.807, 2.05) is 6.92 Å². The Labute approximate surface area is 154 Å². The number of amides is 3. The molecular weight excluding hydrogens is 342 g/mol. The lowest BCUT2D eigenvalue weighted by Crippen LogP contribution is -2.30. The molecule has 0 bridgehead atoms. The summed E-state index contributed by atoms with van der Waals surface area (Å²) in [4.78, 5) is 44.5. The molecule has 3 amide bonds. The zero-order valence-electron chi connectivity index (χ0n) is 15.5. The fourth-order valence-corrected chi connectivity index (χ4v) is 1.90. The van der Waals surface area contributed by atoms with Crippen LogP contribution in [0.5, 0.6) is 0 Å². The molecule has 0 aromatic heterocycles. The van der Waals surface area contributed by atoms with Crippen molar-refractivity contribution in [1.29, 1.82) is 0 Å². The van der Waals surface area contributed by atoms with E-state index in [2.05, 4.69) is 16.0 Å². The van der Waals surface area contributed by atoms with Crippen LogP contribution in [0.15, 0.2) is 0 Å². The van der Waals surface area contributed by atoms with Crippen molar-refractivity contribution in [2.75, 3.05) is 32.8 Å². The zero-order valence-corrected chi connectivity index (χ0v) is 15.5. The highest BCUT2D eigenvalue weighted by Crippen LogP contribution is 1.93.